The second-order valence-electron chi connectivity index (χ2n) is 4.48. The van der Waals surface area contributed by atoms with Gasteiger partial charge in [0.2, 0.25) is 5.95 Å². The first-order valence-corrected chi connectivity index (χ1v) is 6.20. The summed E-state index contributed by atoms with van der Waals surface area (Å²) in [5.74, 6) is -0.540. The van der Waals surface area contributed by atoms with E-state index in [1.807, 2.05) is 19.9 Å². The summed E-state index contributed by atoms with van der Waals surface area (Å²) < 4.78 is 0. The molecule has 1 aromatic rings. The Morgan fingerprint density at radius 1 is 1.47 bits per heavy atom. The maximum Gasteiger partial charge on any atom is 0.311 e. The minimum absolute atomic E-state index is 0.240. The van der Waals surface area contributed by atoms with Crippen LogP contribution < -0.4 is 5.32 Å². The van der Waals surface area contributed by atoms with Crippen LogP contribution in [0, 0.1) is 23.7 Å². The number of aliphatic carboxylic acids is 1. The van der Waals surface area contributed by atoms with Crippen LogP contribution in [0.5, 0.6) is 0 Å². The number of nitrogens with zero attached hydrogens (tertiary/aromatic N) is 3. The van der Waals surface area contributed by atoms with Crippen LogP contribution in [0.15, 0.2) is 6.07 Å². The van der Waals surface area contributed by atoms with E-state index in [9.17, 15) is 9.90 Å². The molecule has 0 saturated heterocycles. The van der Waals surface area contributed by atoms with E-state index in [0.717, 1.165) is 0 Å². The monoisotopic (exact) mass is 262 g/mol. The molecule has 0 fully saturated rings. The number of rotatable bonds is 6. The summed E-state index contributed by atoms with van der Waals surface area (Å²) in [6, 6.07) is 3.53. The van der Waals surface area contributed by atoms with Gasteiger partial charge in [-0.05, 0) is 25.8 Å². The maximum absolute atomic E-state index is 11.4. The lowest BCUT2D eigenvalue weighted by molar-refractivity contribution is -0.148. The highest BCUT2D eigenvalue weighted by Gasteiger charge is 2.34. The summed E-state index contributed by atoms with van der Waals surface area (Å²) >= 11 is 0. The molecule has 0 atom stereocenters. The molecule has 0 aliphatic rings. The molecule has 2 N–H and O–H groups in total. The van der Waals surface area contributed by atoms with E-state index in [4.69, 9.17) is 5.26 Å². The lowest BCUT2D eigenvalue weighted by atomic mass is 9.82. The summed E-state index contributed by atoms with van der Waals surface area (Å²) in [6.45, 7) is 5.69. The van der Waals surface area contributed by atoms with Crippen molar-refractivity contribution in [2.24, 2.45) is 5.41 Å². The van der Waals surface area contributed by atoms with Gasteiger partial charge in [0.05, 0.1) is 5.41 Å². The fraction of sp³-hybridized carbons (Fsp3) is 0.538. The van der Waals surface area contributed by atoms with Gasteiger partial charge in [0.1, 0.15) is 11.8 Å². The smallest absolute Gasteiger partial charge is 0.311 e. The highest BCUT2D eigenvalue weighted by Crippen LogP contribution is 2.26. The van der Waals surface area contributed by atoms with Crippen molar-refractivity contribution in [3.05, 3.63) is 17.5 Å². The molecule has 0 radical (unpaired) electrons. The van der Waals surface area contributed by atoms with Crippen LogP contribution in [0.3, 0.4) is 0 Å². The number of carboxylic acid groups (broad SMARTS) is 1. The highest BCUT2D eigenvalue weighted by atomic mass is 16.4. The molecule has 19 heavy (non-hydrogen) atoms. The number of aryl methyl sites for hydroxylation is 1. The molecule has 0 unspecified atom stereocenters. The van der Waals surface area contributed by atoms with E-state index < -0.39 is 11.4 Å². The van der Waals surface area contributed by atoms with Gasteiger partial charge >= 0.3 is 5.97 Å². The van der Waals surface area contributed by atoms with E-state index in [2.05, 4.69) is 15.3 Å². The molecule has 0 aliphatic heterocycles. The van der Waals surface area contributed by atoms with Crippen molar-refractivity contribution >= 4 is 11.9 Å². The number of hydrogen-bond acceptors (Lipinski definition) is 5. The third-order valence-electron chi connectivity index (χ3n) is 3.36. The summed E-state index contributed by atoms with van der Waals surface area (Å²) in [4.78, 5) is 19.5. The third kappa shape index (κ3) is 3.41. The lowest BCUT2D eigenvalue weighted by Crippen LogP contribution is -2.37. The summed E-state index contributed by atoms with van der Waals surface area (Å²) in [7, 11) is 0. The van der Waals surface area contributed by atoms with Crippen LogP contribution in [0.2, 0.25) is 0 Å². The van der Waals surface area contributed by atoms with Crippen LogP contribution in [-0.2, 0) is 4.79 Å². The molecule has 1 aromatic heterocycles. The third-order valence-corrected chi connectivity index (χ3v) is 3.36. The molecule has 1 rings (SSSR count). The van der Waals surface area contributed by atoms with Crippen molar-refractivity contribution in [2.75, 3.05) is 11.9 Å². The van der Waals surface area contributed by atoms with Gasteiger partial charge in [-0.15, -0.1) is 0 Å². The Labute approximate surface area is 112 Å². The fourth-order valence-corrected chi connectivity index (χ4v) is 1.83. The second kappa shape index (κ2) is 6.14. The average molecular weight is 262 g/mol. The van der Waals surface area contributed by atoms with Crippen molar-refractivity contribution in [1.82, 2.24) is 9.97 Å². The van der Waals surface area contributed by atoms with Gasteiger partial charge in [0.25, 0.3) is 0 Å². The molecule has 0 bridgehead atoms. The van der Waals surface area contributed by atoms with Crippen LogP contribution in [0.4, 0.5) is 5.95 Å². The van der Waals surface area contributed by atoms with Gasteiger partial charge in [-0.25, -0.2) is 9.97 Å². The van der Waals surface area contributed by atoms with Crippen LogP contribution in [-0.4, -0.2) is 27.6 Å². The Hall–Kier alpha value is -2.16. The standard InChI is InChI=1S/C13H18N4O2/c1-4-13(5-2,11(18)19)8-15-12-16-9(3)6-10(7-14)17-12/h6H,4-5,8H2,1-3H3,(H,18,19)(H,15,16,17). The predicted octanol–water partition coefficient (Wildman–Crippen LogP) is 1.96. The average Bonchev–Trinajstić information content (AvgIpc) is 2.39. The molecule has 0 aliphatic carbocycles. The minimum Gasteiger partial charge on any atom is -0.481 e. The second-order valence-corrected chi connectivity index (χ2v) is 4.48. The molecule has 6 heteroatoms. The Morgan fingerprint density at radius 2 is 2.11 bits per heavy atom. The first-order valence-electron chi connectivity index (χ1n) is 6.20. The number of nitriles is 1. The number of aromatic nitrogens is 2. The number of carboxylic acids is 1. The first kappa shape index (κ1) is 14.9. The molecule has 0 saturated carbocycles. The zero-order valence-corrected chi connectivity index (χ0v) is 11.4. The van der Waals surface area contributed by atoms with Crippen LogP contribution >= 0.6 is 0 Å². The van der Waals surface area contributed by atoms with E-state index in [1.165, 1.54) is 0 Å². The molecule has 6 nitrogen and oxygen atoms in total. The van der Waals surface area contributed by atoms with Crippen molar-refractivity contribution in [1.29, 1.82) is 5.26 Å². The van der Waals surface area contributed by atoms with Crippen molar-refractivity contribution < 1.29 is 9.90 Å². The van der Waals surface area contributed by atoms with Crippen LogP contribution in [0.1, 0.15) is 38.1 Å². The van der Waals surface area contributed by atoms with E-state index in [-0.39, 0.29) is 12.2 Å². The van der Waals surface area contributed by atoms with Gasteiger partial charge in [0.15, 0.2) is 0 Å². The van der Waals surface area contributed by atoms with Gasteiger partial charge in [-0.2, -0.15) is 5.26 Å². The number of carbonyl (C=O) groups is 1. The molecule has 0 aromatic carbocycles. The molecular weight excluding hydrogens is 244 g/mol. The molecular formula is C13H18N4O2. The molecule has 0 spiro atoms. The Bertz CT molecular complexity index is 504. The SMILES string of the molecule is CCC(CC)(CNc1nc(C)cc(C#N)n1)C(=O)O. The Morgan fingerprint density at radius 3 is 2.58 bits per heavy atom. The maximum atomic E-state index is 11.4. The normalized spacial score (nSPS) is 10.8. The number of anilines is 1. The summed E-state index contributed by atoms with van der Waals surface area (Å²) in [5.41, 5.74) is 0.104. The number of nitrogens with one attached hydrogen (secondary N) is 1. The number of hydrogen-bond donors (Lipinski definition) is 2. The van der Waals surface area contributed by atoms with Crippen molar-refractivity contribution in [2.45, 2.75) is 33.6 Å². The first-order chi connectivity index (χ1) is 8.97. The van der Waals surface area contributed by atoms with Crippen molar-refractivity contribution in [3.8, 4) is 6.07 Å². The van der Waals surface area contributed by atoms with Gasteiger partial charge < -0.3 is 10.4 Å². The lowest BCUT2D eigenvalue weighted by Gasteiger charge is -2.26. The predicted molar refractivity (Wildman–Crippen MR) is 70.6 cm³/mol. The minimum atomic E-state index is -0.835. The van der Waals surface area contributed by atoms with Gasteiger partial charge in [0, 0.05) is 12.2 Å². The van der Waals surface area contributed by atoms with E-state index >= 15 is 0 Å². The Kier molecular flexibility index (Phi) is 4.81. The summed E-state index contributed by atoms with van der Waals surface area (Å²) in [5, 5.41) is 21.1. The Balaban J connectivity index is 2.89. The topological polar surface area (TPSA) is 98.9 Å². The zero-order valence-electron chi connectivity index (χ0n) is 11.4. The van der Waals surface area contributed by atoms with E-state index in [0.29, 0.717) is 24.5 Å². The zero-order chi connectivity index (χ0) is 14.5. The fourth-order valence-electron chi connectivity index (χ4n) is 1.83. The van der Waals surface area contributed by atoms with Gasteiger partial charge in [-0.3, -0.25) is 4.79 Å². The molecule has 0 amide bonds. The van der Waals surface area contributed by atoms with Crippen LogP contribution in [0.25, 0.3) is 0 Å². The van der Waals surface area contributed by atoms with Crippen molar-refractivity contribution in [3.63, 3.8) is 0 Å². The highest BCUT2D eigenvalue weighted by molar-refractivity contribution is 5.75. The largest absolute Gasteiger partial charge is 0.481 e. The quantitative estimate of drug-likeness (QED) is 0.813. The van der Waals surface area contributed by atoms with E-state index in [1.54, 1.807) is 13.0 Å². The molecule has 102 valence electrons. The summed E-state index contributed by atoms with van der Waals surface area (Å²) in [6.07, 6.45) is 1.03. The molecule has 1 heterocycles. The van der Waals surface area contributed by atoms with Gasteiger partial charge in [-0.1, -0.05) is 13.8 Å².